The van der Waals surface area contributed by atoms with E-state index in [1.54, 1.807) is 0 Å². The molecule has 4 aliphatic rings. The molecular weight excluding hydrogens is 1020 g/mol. The molecule has 4 rings (SSSR count). The summed E-state index contributed by atoms with van der Waals surface area (Å²) in [5, 5.41) is 103. The number of amides is 6. The number of urea groups is 1. The molecule has 4 aliphatic heterocycles. The van der Waals surface area contributed by atoms with Gasteiger partial charge >= 0.3 is 23.9 Å². The van der Waals surface area contributed by atoms with Crippen LogP contribution in [0.25, 0.3) is 0 Å². The summed E-state index contributed by atoms with van der Waals surface area (Å²) in [5.74, 6) is -11.5. The van der Waals surface area contributed by atoms with E-state index in [0.29, 0.717) is 50.4 Å². The van der Waals surface area contributed by atoms with E-state index in [0.717, 1.165) is 52.2 Å². The zero-order valence-electron chi connectivity index (χ0n) is 41.2. The van der Waals surface area contributed by atoms with Crippen LogP contribution in [0, 0.1) is 0 Å². The van der Waals surface area contributed by atoms with Crippen molar-refractivity contribution in [1.82, 2.24) is 31.9 Å². The fourth-order valence-electron chi connectivity index (χ4n) is 9.33. The topological polar surface area (TPSA) is 417 Å². The number of fused-ring (bicyclic) bond motifs is 1. The number of aliphatic hydroxyl groups excluding tert-OH is 6. The number of carbonyl (C=O) groups excluding carboxylic acids is 6. The third-order valence-electron chi connectivity index (χ3n) is 12.9. The van der Waals surface area contributed by atoms with Crippen molar-refractivity contribution in [2.24, 2.45) is 0 Å². The number of carboxylic acids is 2. The van der Waals surface area contributed by atoms with E-state index >= 15 is 0 Å². The zero-order chi connectivity index (χ0) is 54.0. The highest BCUT2D eigenvalue weighted by Crippen LogP contribution is 2.39. The molecule has 14 N–H and O–H groups in total. The van der Waals surface area contributed by atoms with Gasteiger partial charge in [0.25, 0.3) is 11.6 Å². The van der Waals surface area contributed by atoms with Gasteiger partial charge in [-0.3, -0.25) is 24.0 Å². The molecule has 0 radical (unpaired) electrons. The maximum atomic E-state index is 13.0. The van der Waals surface area contributed by atoms with Gasteiger partial charge in [0.05, 0.1) is 56.2 Å². The van der Waals surface area contributed by atoms with Crippen molar-refractivity contribution >= 4 is 59.3 Å². The summed E-state index contributed by atoms with van der Waals surface area (Å²) in [6.45, 7) is 1.11. The van der Waals surface area contributed by atoms with Gasteiger partial charge in [0, 0.05) is 70.5 Å². The molecule has 27 nitrogen and oxygen atoms in total. The van der Waals surface area contributed by atoms with Crippen LogP contribution in [-0.4, -0.2) is 217 Å². The Bertz CT molecular complexity index is 1890. The third-order valence-corrected chi connectivity index (χ3v) is 14.4. The van der Waals surface area contributed by atoms with Crippen molar-refractivity contribution in [1.29, 1.82) is 0 Å². The Kier molecular flexibility index (Phi) is 28.1. The second kappa shape index (κ2) is 31.7. The molecule has 0 bridgehead atoms. The second-order valence-corrected chi connectivity index (χ2v) is 20.0. The fourth-order valence-corrected chi connectivity index (χ4v) is 10.9. The van der Waals surface area contributed by atoms with Gasteiger partial charge in [0.15, 0.2) is 6.10 Å². The molecule has 432 valence electrons. The van der Waals surface area contributed by atoms with Crippen molar-refractivity contribution in [2.75, 3.05) is 38.7 Å². The Balaban J connectivity index is 0.00000963. The van der Waals surface area contributed by atoms with Gasteiger partial charge in [-0.2, -0.15) is 11.8 Å². The molecule has 0 aromatic carbocycles. The van der Waals surface area contributed by atoms with Crippen LogP contribution in [0.3, 0.4) is 0 Å². The molecular formula is C47H82N6O21S. The zero-order valence-corrected chi connectivity index (χ0v) is 42.1. The van der Waals surface area contributed by atoms with Crippen LogP contribution in [0.1, 0.15) is 119 Å². The summed E-state index contributed by atoms with van der Waals surface area (Å²) in [7, 11) is 0. The van der Waals surface area contributed by atoms with Crippen LogP contribution in [0.4, 0.5) is 4.79 Å². The number of thioether (sulfide) groups is 1. The van der Waals surface area contributed by atoms with E-state index in [1.165, 1.54) is 0 Å². The molecule has 0 aromatic rings. The number of carbonyl (C=O) groups is 8. The Morgan fingerprint density at radius 2 is 1.27 bits per heavy atom. The van der Waals surface area contributed by atoms with Gasteiger partial charge in [0.1, 0.15) is 30.5 Å². The quantitative estimate of drug-likeness (QED) is 0.0200. The lowest BCUT2D eigenvalue weighted by Crippen LogP contribution is -2.70. The van der Waals surface area contributed by atoms with Crippen molar-refractivity contribution in [3.8, 4) is 0 Å². The minimum atomic E-state index is -3.12. The predicted octanol–water partition coefficient (Wildman–Crippen LogP) is -2.14. The smallest absolute Gasteiger partial charge is 0.364 e. The molecule has 0 unspecified atom stereocenters. The molecule has 75 heavy (non-hydrogen) atoms. The highest BCUT2D eigenvalue weighted by molar-refractivity contribution is 8.00. The number of esters is 1. The van der Waals surface area contributed by atoms with E-state index in [4.69, 9.17) is 23.7 Å². The first-order valence-corrected chi connectivity index (χ1v) is 25.6. The Hall–Kier alpha value is -4.49. The maximum absolute atomic E-state index is 13.0. The second-order valence-electron chi connectivity index (χ2n) is 18.7. The first-order chi connectivity index (χ1) is 34.6. The standard InChI is InChI=1S/C45H74N6O21S.2CH4/c1-23(54)48-35-27(57)18-44(41(63)64,68-17-11-5-10-16-47-32(60)13-6-4-9-15-46-33(61)14-8-7-12-31-34-26(22-73-31)50-43(67)51-34)71-39(35)37(62)30(21-53)70-45(42(65)66)19-28(58)36(49-24(2)55)40(72-45)38(29(59)20-52)69-25(3)56;;/h26-31,34-40,52-53,57-59,62H,4-22H2,1-3H3,(H,46,61)(H,47,60)(H,48,54)(H,49,55)(H,63,64)(H,65,66)(H2,50,51,67);2*1H4/t26-,27-,28-,29+,30+,31-,34-,35+,36+,37+,38+,39+,40+,44+,45+;;/m0../s1. The third kappa shape index (κ3) is 19.2. The fraction of sp³-hybridized carbons (Fsp3) is 0.830. The maximum Gasteiger partial charge on any atom is 0.364 e. The van der Waals surface area contributed by atoms with Gasteiger partial charge in [-0.05, 0) is 44.9 Å². The number of rotatable bonds is 31. The van der Waals surface area contributed by atoms with E-state index < -0.39 is 128 Å². The summed E-state index contributed by atoms with van der Waals surface area (Å²) in [4.78, 5) is 98.5. The van der Waals surface area contributed by atoms with Crippen molar-refractivity contribution in [3.63, 3.8) is 0 Å². The Morgan fingerprint density at radius 3 is 1.80 bits per heavy atom. The summed E-state index contributed by atoms with van der Waals surface area (Å²) in [6, 6.07) is -3.04. The number of aliphatic hydroxyl groups is 6. The van der Waals surface area contributed by atoms with Crippen LogP contribution in [0.2, 0.25) is 0 Å². The van der Waals surface area contributed by atoms with Gasteiger partial charge in [-0.25, -0.2) is 14.4 Å². The lowest BCUT2D eigenvalue weighted by Gasteiger charge is -2.49. The van der Waals surface area contributed by atoms with Crippen LogP contribution >= 0.6 is 11.8 Å². The molecule has 4 saturated heterocycles. The monoisotopic (exact) mass is 1100 g/mol. The first-order valence-electron chi connectivity index (χ1n) is 24.6. The predicted molar refractivity (Wildman–Crippen MR) is 265 cm³/mol. The van der Waals surface area contributed by atoms with Crippen LogP contribution in [0.5, 0.6) is 0 Å². The van der Waals surface area contributed by atoms with Crippen LogP contribution in [-0.2, 0) is 57.2 Å². The Labute approximate surface area is 440 Å². The molecule has 0 saturated carbocycles. The molecule has 4 heterocycles. The number of aliphatic carboxylic acids is 2. The van der Waals surface area contributed by atoms with Gasteiger partial charge in [-0.15, -0.1) is 0 Å². The number of unbranched alkanes of at least 4 members (excludes halogenated alkanes) is 5. The average Bonchev–Trinajstić information content (AvgIpc) is 3.88. The van der Waals surface area contributed by atoms with Gasteiger partial charge < -0.3 is 96.4 Å². The number of ether oxygens (including phenoxy) is 5. The Morgan fingerprint density at radius 1 is 0.733 bits per heavy atom. The SMILES string of the molecule is C.C.CC(=O)N[C@H]1[C@H]([C@H](OC(C)=O)[C@H](O)CO)O[C@@](O[C@H](CO)[C@@H](O)[C@@H]2O[C@@](OCCCCCNC(=O)CCCCCNC(=O)CCCC[C@@H]3SC[C@@H]4NC(=O)N[C@@H]43)(C(=O)O)C[C@H](O)[C@H]2NC(C)=O)(C(=O)O)C[C@@H]1O. The molecule has 0 aromatic heterocycles. The average molecular weight is 1100 g/mol. The van der Waals surface area contributed by atoms with E-state index in [9.17, 15) is 79.2 Å². The molecule has 0 aliphatic carbocycles. The molecule has 15 atom stereocenters. The van der Waals surface area contributed by atoms with Crippen LogP contribution < -0.4 is 31.9 Å². The lowest BCUT2D eigenvalue weighted by atomic mass is 9.87. The number of hydrogen-bond acceptors (Lipinski definition) is 20. The first kappa shape index (κ1) is 66.6. The molecule has 4 fully saturated rings. The van der Waals surface area contributed by atoms with E-state index in [2.05, 4.69) is 31.9 Å². The summed E-state index contributed by atoms with van der Waals surface area (Å²) >= 11 is 1.84. The van der Waals surface area contributed by atoms with Crippen LogP contribution in [0.15, 0.2) is 0 Å². The minimum absolute atomic E-state index is 0. The van der Waals surface area contributed by atoms with Gasteiger partial charge in [0.2, 0.25) is 23.6 Å². The van der Waals surface area contributed by atoms with Crippen molar-refractivity contribution in [3.05, 3.63) is 0 Å². The van der Waals surface area contributed by atoms with Crippen molar-refractivity contribution in [2.45, 2.75) is 209 Å². The number of carboxylic acid groups (broad SMARTS) is 2. The number of hydrogen-bond donors (Lipinski definition) is 14. The van der Waals surface area contributed by atoms with Crippen molar-refractivity contribution < 1.29 is 103 Å². The highest BCUT2D eigenvalue weighted by atomic mass is 32.2. The molecule has 28 heteroatoms. The minimum Gasteiger partial charge on any atom is -0.477 e. The molecule has 0 spiro atoms. The summed E-state index contributed by atoms with van der Waals surface area (Å²) in [6.07, 6.45) is -11.6. The van der Waals surface area contributed by atoms with E-state index in [1.807, 2.05) is 11.8 Å². The summed E-state index contributed by atoms with van der Waals surface area (Å²) in [5.41, 5.74) is 0. The largest absolute Gasteiger partial charge is 0.477 e. The van der Waals surface area contributed by atoms with E-state index in [-0.39, 0.29) is 64.2 Å². The molecule has 6 amide bonds. The summed E-state index contributed by atoms with van der Waals surface area (Å²) < 4.78 is 28.1. The van der Waals surface area contributed by atoms with Gasteiger partial charge in [-0.1, -0.05) is 27.7 Å². The lowest BCUT2D eigenvalue weighted by molar-refractivity contribution is -0.346. The highest BCUT2D eigenvalue weighted by Gasteiger charge is 2.60. The number of nitrogens with one attached hydrogen (secondary N) is 6. The normalized spacial score (nSPS) is 29.5.